The number of thiophene rings is 1. The van der Waals surface area contributed by atoms with Gasteiger partial charge in [-0.2, -0.15) is 0 Å². The topological polar surface area (TPSA) is 92.2 Å². The predicted molar refractivity (Wildman–Crippen MR) is 100 cm³/mol. The van der Waals surface area contributed by atoms with Crippen molar-refractivity contribution in [3.05, 3.63) is 87.4 Å². The quantitative estimate of drug-likeness (QED) is 0.602. The third kappa shape index (κ3) is 4.79. The molecule has 2 heterocycles. The van der Waals surface area contributed by atoms with Gasteiger partial charge in [0.25, 0.3) is 11.5 Å². The average Bonchev–Trinajstić information content (AvgIpc) is 3.14. The average molecular weight is 386 g/mol. The van der Waals surface area contributed by atoms with Crippen LogP contribution in [0.5, 0.6) is 0 Å². The number of urea groups is 1. The van der Waals surface area contributed by atoms with Gasteiger partial charge in [-0.1, -0.05) is 12.1 Å². The number of rotatable bonds is 4. The zero-order valence-electron chi connectivity index (χ0n) is 13.9. The van der Waals surface area contributed by atoms with Gasteiger partial charge >= 0.3 is 6.03 Å². The minimum absolute atomic E-state index is 0.115. The SMILES string of the molecule is O=C(NNC(=O)c1cccn(Cc2cccc(F)c2)c1=O)Nc1cccs1. The predicted octanol–water partition coefficient (Wildman–Crippen LogP) is 2.56. The smallest absolute Gasteiger partial charge is 0.310 e. The molecule has 3 aromatic rings. The Morgan fingerprint density at radius 1 is 1.07 bits per heavy atom. The van der Waals surface area contributed by atoms with E-state index in [-0.39, 0.29) is 12.1 Å². The Kier molecular flexibility index (Phi) is 5.62. The molecule has 0 aliphatic heterocycles. The Morgan fingerprint density at radius 2 is 1.93 bits per heavy atom. The Morgan fingerprint density at radius 3 is 2.67 bits per heavy atom. The van der Waals surface area contributed by atoms with Crippen LogP contribution in [-0.2, 0) is 6.54 Å². The zero-order valence-corrected chi connectivity index (χ0v) is 14.8. The number of hydrogen-bond donors (Lipinski definition) is 3. The molecule has 0 aliphatic carbocycles. The maximum atomic E-state index is 13.3. The van der Waals surface area contributed by atoms with Crippen molar-refractivity contribution in [3.8, 4) is 0 Å². The van der Waals surface area contributed by atoms with Crippen molar-refractivity contribution in [1.82, 2.24) is 15.4 Å². The molecular formula is C18H15FN4O3S. The molecule has 0 atom stereocenters. The molecule has 0 saturated heterocycles. The summed E-state index contributed by atoms with van der Waals surface area (Å²) in [6, 6.07) is 11.6. The van der Waals surface area contributed by atoms with Gasteiger partial charge in [-0.3, -0.25) is 20.3 Å². The summed E-state index contributed by atoms with van der Waals surface area (Å²) in [5.41, 5.74) is 4.25. The van der Waals surface area contributed by atoms with Crippen LogP contribution in [0.3, 0.4) is 0 Å². The van der Waals surface area contributed by atoms with E-state index in [1.165, 1.54) is 46.4 Å². The second-order valence-corrected chi connectivity index (χ2v) is 6.44. The van der Waals surface area contributed by atoms with Crippen molar-refractivity contribution in [3.63, 3.8) is 0 Å². The number of aromatic nitrogens is 1. The third-order valence-corrected chi connectivity index (χ3v) is 4.34. The summed E-state index contributed by atoms with van der Waals surface area (Å²) in [6.45, 7) is 0.115. The first kappa shape index (κ1) is 18.3. The van der Waals surface area contributed by atoms with Gasteiger partial charge in [0.15, 0.2) is 0 Å². The fourth-order valence-corrected chi connectivity index (χ4v) is 2.95. The number of nitrogens with one attached hydrogen (secondary N) is 3. The van der Waals surface area contributed by atoms with E-state index < -0.39 is 23.3 Å². The number of carbonyl (C=O) groups excluding carboxylic acids is 2. The van der Waals surface area contributed by atoms with E-state index in [0.717, 1.165) is 0 Å². The van der Waals surface area contributed by atoms with E-state index in [1.54, 1.807) is 29.6 Å². The van der Waals surface area contributed by atoms with Gasteiger partial charge in [0.1, 0.15) is 11.4 Å². The summed E-state index contributed by atoms with van der Waals surface area (Å²) in [5, 5.41) is 4.93. The molecule has 3 rings (SSSR count). The first-order valence-corrected chi connectivity index (χ1v) is 8.75. The van der Waals surface area contributed by atoms with Crippen LogP contribution >= 0.6 is 11.3 Å². The van der Waals surface area contributed by atoms with Gasteiger partial charge < -0.3 is 4.57 Å². The number of hydrazine groups is 1. The Balaban J connectivity index is 1.66. The van der Waals surface area contributed by atoms with E-state index in [1.807, 2.05) is 0 Å². The highest BCUT2D eigenvalue weighted by molar-refractivity contribution is 7.14. The first-order valence-electron chi connectivity index (χ1n) is 7.87. The molecule has 9 heteroatoms. The summed E-state index contributed by atoms with van der Waals surface area (Å²) >= 11 is 1.32. The van der Waals surface area contributed by atoms with Gasteiger partial charge in [-0.15, -0.1) is 11.3 Å². The van der Waals surface area contributed by atoms with Crippen molar-refractivity contribution >= 4 is 28.3 Å². The fourth-order valence-electron chi connectivity index (χ4n) is 2.34. The van der Waals surface area contributed by atoms with Crippen molar-refractivity contribution in [1.29, 1.82) is 0 Å². The number of nitrogens with zero attached hydrogens (tertiary/aromatic N) is 1. The van der Waals surface area contributed by atoms with Crippen LogP contribution in [0, 0.1) is 5.82 Å². The van der Waals surface area contributed by atoms with Gasteiger partial charge in [-0.25, -0.2) is 14.6 Å². The van der Waals surface area contributed by atoms with E-state index in [9.17, 15) is 18.8 Å². The van der Waals surface area contributed by atoms with Gasteiger partial charge in [0.05, 0.1) is 11.5 Å². The minimum atomic E-state index is -0.755. The second kappa shape index (κ2) is 8.28. The molecule has 2 aromatic heterocycles. The number of hydrogen-bond acceptors (Lipinski definition) is 4. The molecule has 0 saturated carbocycles. The number of anilines is 1. The lowest BCUT2D eigenvalue weighted by Crippen LogP contribution is -2.45. The number of carbonyl (C=O) groups is 2. The highest BCUT2D eigenvalue weighted by atomic mass is 32.1. The minimum Gasteiger partial charge on any atom is -0.310 e. The highest BCUT2D eigenvalue weighted by Gasteiger charge is 2.13. The molecular weight excluding hydrogens is 371 g/mol. The van der Waals surface area contributed by atoms with E-state index in [4.69, 9.17) is 0 Å². The van der Waals surface area contributed by atoms with Crippen LogP contribution in [0.4, 0.5) is 14.2 Å². The van der Waals surface area contributed by atoms with Crippen LogP contribution in [-0.4, -0.2) is 16.5 Å². The number of amides is 3. The molecule has 0 unspecified atom stereocenters. The standard InChI is InChI=1S/C18H15FN4O3S/c19-13-5-1-4-12(10-13)11-23-8-2-6-14(17(23)25)16(24)21-22-18(26)20-15-7-3-9-27-15/h1-10H,11H2,(H,21,24)(H2,20,22,26). The largest absolute Gasteiger partial charge is 0.338 e. The van der Waals surface area contributed by atoms with Crippen molar-refractivity contribution in [2.45, 2.75) is 6.54 Å². The van der Waals surface area contributed by atoms with Crippen molar-refractivity contribution < 1.29 is 14.0 Å². The molecule has 0 aliphatic rings. The van der Waals surface area contributed by atoms with Crippen LogP contribution in [0.2, 0.25) is 0 Å². The number of pyridine rings is 1. The molecule has 0 fully saturated rings. The highest BCUT2D eigenvalue weighted by Crippen LogP contribution is 2.14. The molecule has 27 heavy (non-hydrogen) atoms. The number of halogens is 1. The summed E-state index contributed by atoms with van der Waals surface area (Å²) in [5.74, 6) is -1.16. The number of benzene rings is 1. The second-order valence-electron chi connectivity index (χ2n) is 5.50. The molecule has 138 valence electrons. The summed E-state index contributed by atoms with van der Waals surface area (Å²) < 4.78 is 14.6. The maximum absolute atomic E-state index is 13.3. The Labute approximate surface area is 157 Å². The monoisotopic (exact) mass is 386 g/mol. The van der Waals surface area contributed by atoms with E-state index >= 15 is 0 Å². The van der Waals surface area contributed by atoms with Crippen LogP contribution in [0.1, 0.15) is 15.9 Å². The molecule has 3 amide bonds. The lowest BCUT2D eigenvalue weighted by molar-refractivity contribution is 0.0936. The maximum Gasteiger partial charge on any atom is 0.338 e. The lowest BCUT2D eigenvalue weighted by atomic mass is 10.2. The van der Waals surface area contributed by atoms with Crippen LogP contribution < -0.4 is 21.7 Å². The molecule has 0 bridgehead atoms. The third-order valence-electron chi connectivity index (χ3n) is 3.55. The molecule has 0 radical (unpaired) electrons. The molecule has 1 aromatic carbocycles. The van der Waals surface area contributed by atoms with Crippen LogP contribution in [0.15, 0.2) is 64.9 Å². The first-order chi connectivity index (χ1) is 13.0. The van der Waals surface area contributed by atoms with Crippen molar-refractivity contribution in [2.24, 2.45) is 0 Å². The Bertz CT molecular complexity index is 1020. The van der Waals surface area contributed by atoms with Crippen molar-refractivity contribution in [2.75, 3.05) is 5.32 Å². The van der Waals surface area contributed by atoms with Gasteiger partial charge in [0.2, 0.25) is 0 Å². The fraction of sp³-hybridized carbons (Fsp3) is 0.0556. The normalized spacial score (nSPS) is 10.3. The van der Waals surface area contributed by atoms with Crippen LogP contribution in [0.25, 0.3) is 0 Å². The van der Waals surface area contributed by atoms with Gasteiger partial charge in [0, 0.05) is 6.20 Å². The summed E-state index contributed by atoms with van der Waals surface area (Å²) in [4.78, 5) is 36.4. The Hall–Kier alpha value is -3.46. The molecule has 7 nitrogen and oxygen atoms in total. The molecule has 3 N–H and O–H groups in total. The summed E-state index contributed by atoms with van der Waals surface area (Å²) in [6.07, 6.45) is 1.50. The lowest BCUT2D eigenvalue weighted by Gasteiger charge is -2.10. The van der Waals surface area contributed by atoms with E-state index in [0.29, 0.717) is 10.6 Å². The van der Waals surface area contributed by atoms with E-state index in [2.05, 4.69) is 16.2 Å². The summed E-state index contributed by atoms with van der Waals surface area (Å²) in [7, 11) is 0. The zero-order chi connectivity index (χ0) is 19.2. The van der Waals surface area contributed by atoms with Gasteiger partial charge in [-0.05, 0) is 47.3 Å². The molecule has 0 spiro atoms.